The largest absolute Gasteiger partial charge is 0.379 e. The SMILES string of the molecule is Cc1c(NC2CCOC2C)cccc1[N+](=O)[O-]. The molecule has 2 unspecified atom stereocenters. The summed E-state index contributed by atoms with van der Waals surface area (Å²) in [4.78, 5) is 10.5. The minimum Gasteiger partial charge on any atom is -0.379 e. The highest BCUT2D eigenvalue weighted by Gasteiger charge is 2.25. The van der Waals surface area contributed by atoms with Gasteiger partial charge in [0.1, 0.15) is 0 Å². The molecule has 1 aliphatic heterocycles. The van der Waals surface area contributed by atoms with Gasteiger partial charge in [-0.15, -0.1) is 0 Å². The average Bonchev–Trinajstić information content (AvgIpc) is 2.67. The second-order valence-electron chi connectivity index (χ2n) is 4.32. The van der Waals surface area contributed by atoms with Crippen molar-refractivity contribution in [1.82, 2.24) is 0 Å². The Morgan fingerprint density at radius 1 is 1.53 bits per heavy atom. The Kier molecular flexibility index (Phi) is 3.28. The van der Waals surface area contributed by atoms with Crippen molar-refractivity contribution >= 4 is 11.4 Å². The number of nitrogens with one attached hydrogen (secondary N) is 1. The molecule has 1 aromatic carbocycles. The molecule has 5 nitrogen and oxygen atoms in total. The first-order valence-corrected chi connectivity index (χ1v) is 5.71. The normalized spacial score (nSPS) is 23.6. The Hall–Kier alpha value is -1.62. The van der Waals surface area contributed by atoms with E-state index >= 15 is 0 Å². The molecule has 2 atom stereocenters. The van der Waals surface area contributed by atoms with Gasteiger partial charge in [-0.1, -0.05) is 6.07 Å². The fraction of sp³-hybridized carbons (Fsp3) is 0.500. The molecule has 0 radical (unpaired) electrons. The van der Waals surface area contributed by atoms with Gasteiger partial charge in [-0.05, 0) is 26.3 Å². The molecular formula is C12H16N2O3. The lowest BCUT2D eigenvalue weighted by Crippen LogP contribution is -2.27. The molecule has 0 amide bonds. The van der Waals surface area contributed by atoms with Crippen LogP contribution in [0.5, 0.6) is 0 Å². The van der Waals surface area contributed by atoms with E-state index in [2.05, 4.69) is 5.32 Å². The van der Waals surface area contributed by atoms with Gasteiger partial charge in [-0.25, -0.2) is 0 Å². The van der Waals surface area contributed by atoms with Crippen molar-refractivity contribution in [2.45, 2.75) is 32.4 Å². The first-order valence-electron chi connectivity index (χ1n) is 5.71. The van der Waals surface area contributed by atoms with Gasteiger partial charge in [-0.2, -0.15) is 0 Å². The van der Waals surface area contributed by atoms with Crippen LogP contribution in [-0.2, 0) is 4.74 Å². The average molecular weight is 236 g/mol. The Bertz CT molecular complexity index is 434. The summed E-state index contributed by atoms with van der Waals surface area (Å²) in [6, 6.07) is 5.33. The van der Waals surface area contributed by atoms with Gasteiger partial charge in [0.25, 0.3) is 5.69 Å². The predicted molar refractivity (Wildman–Crippen MR) is 65.3 cm³/mol. The zero-order valence-corrected chi connectivity index (χ0v) is 9.97. The summed E-state index contributed by atoms with van der Waals surface area (Å²) >= 11 is 0. The van der Waals surface area contributed by atoms with Crippen molar-refractivity contribution in [3.63, 3.8) is 0 Å². The number of hydrogen-bond donors (Lipinski definition) is 1. The molecule has 1 N–H and O–H groups in total. The molecule has 2 rings (SSSR count). The van der Waals surface area contributed by atoms with Crippen LogP contribution < -0.4 is 5.32 Å². The number of nitrogens with zero attached hydrogens (tertiary/aromatic N) is 1. The maximum atomic E-state index is 10.8. The van der Waals surface area contributed by atoms with E-state index in [0.717, 1.165) is 18.7 Å². The van der Waals surface area contributed by atoms with E-state index in [4.69, 9.17) is 4.74 Å². The summed E-state index contributed by atoms with van der Waals surface area (Å²) in [6.45, 7) is 4.52. The highest BCUT2D eigenvalue weighted by atomic mass is 16.6. The lowest BCUT2D eigenvalue weighted by atomic mass is 10.1. The van der Waals surface area contributed by atoms with Gasteiger partial charge in [0.2, 0.25) is 0 Å². The Labute approximate surface area is 99.9 Å². The summed E-state index contributed by atoms with van der Waals surface area (Å²) in [7, 11) is 0. The second kappa shape index (κ2) is 4.71. The number of hydrogen-bond acceptors (Lipinski definition) is 4. The van der Waals surface area contributed by atoms with Crippen molar-refractivity contribution < 1.29 is 9.66 Å². The van der Waals surface area contributed by atoms with E-state index < -0.39 is 0 Å². The molecule has 1 aliphatic rings. The summed E-state index contributed by atoms with van der Waals surface area (Å²) in [5, 5.41) is 14.2. The van der Waals surface area contributed by atoms with Crippen LogP contribution in [0.25, 0.3) is 0 Å². The van der Waals surface area contributed by atoms with Gasteiger partial charge in [0, 0.05) is 23.9 Å². The van der Waals surface area contributed by atoms with Crippen molar-refractivity contribution in [1.29, 1.82) is 0 Å². The lowest BCUT2D eigenvalue weighted by Gasteiger charge is -2.18. The van der Waals surface area contributed by atoms with Gasteiger partial charge < -0.3 is 10.1 Å². The van der Waals surface area contributed by atoms with E-state index in [1.165, 1.54) is 6.07 Å². The van der Waals surface area contributed by atoms with E-state index in [0.29, 0.717) is 5.56 Å². The van der Waals surface area contributed by atoms with Crippen LogP contribution in [0.3, 0.4) is 0 Å². The van der Waals surface area contributed by atoms with Crippen LogP contribution in [0.15, 0.2) is 18.2 Å². The molecule has 1 saturated heterocycles. The van der Waals surface area contributed by atoms with Gasteiger partial charge in [0.15, 0.2) is 0 Å². The number of nitro benzene ring substituents is 1. The number of rotatable bonds is 3. The Balaban J connectivity index is 2.21. The van der Waals surface area contributed by atoms with Crippen LogP contribution in [0, 0.1) is 17.0 Å². The molecule has 1 aromatic rings. The molecule has 0 aromatic heterocycles. The molecule has 5 heteroatoms. The standard InChI is InChI=1S/C12H16N2O3/c1-8-10(4-3-5-12(8)14(15)16)13-11-6-7-17-9(11)2/h3-5,9,11,13H,6-7H2,1-2H3. The van der Waals surface area contributed by atoms with Gasteiger partial charge >= 0.3 is 0 Å². The molecule has 0 bridgehead atoms. The van der Waals surface area contributed by atoms with Crippen LogP contribution in [0.2, 0.25) is 0 Å². The smallest absolute Gasteiger partial charge is 0.274 e. The minimum atomic E-state index is -0.352. The Morgan fingerprint density at radius 3 is 2.88 bits per heavy atom. The van der Waals surface area contributed by atoms with Gasteiger partial charge in [0.05, 0.1) is 17.1 Å². The lowest BCUT2D eigenvalue weighted by molar-refractivity contribution is -0.385. The second-order valence-corrected chi connectivity index (χ2v) is 4.32. The number of nitro groups is 1. The predicted octanol–water partition coefficient (Wildman–Crippen LogP) is 2.49. The molecule has 0 aliphatic carbocycles. The summed E-state index contributed by atoms with van der Waals surface area (Å²) < 4.78 is 5.46. The highest BCUT2D eigenvalue weighted by molar-refractivity contribution is 5.60. The molecule has 92 valence electrons. The van der Waals surface area contributed by atoms with Crippen molar-refractivity contribution in [3.05, 3.63) is 33.9 Å². The van der Waals surface area contributed by atoms with Crippen LogP contribution in [0.1, 0.15) is 18.9 Å². The summed E-state index contributed by atoms with van der Waals surface area (Å²) in [5.41, 5.74) is 1.65. The quantitative estimate of drug-likeness (QED) is 0.647. The maximum absolute atomic E-state index is 10.8. The topological polar surface area (TPSA) is 64.4 Å². The number of ether oxygens (including phenoxy) is 1. The molecule has 1 fully saturated rings. The first-order chi connectivity index (χ1) is 8.09. The zero-order valence-electron chi connectivity index (χ0n) is 9.97. The van der Waals surface area contributed by atoms with Crippen LogP contribution in [0.4, 0.5) is 11.4 Å². The molecule has 0 spiro atoms. The van der Waals surface area contributed by atoms with Gasteiger partial charge in [-0.3, -0.25) is 10.1 Å². The van der Waals surface area contributed by atoms with E-state index in [1.807, 2.05) is 13.0 Å². The Morgan fingerprint density at radius 2 is 2.29 bits per heavy atom. The third kappa shape index (κ3) is 2.39. The maximum Gasteiger partial charge on any atom is 0.274 e. The van der Waals surface area contributed by atoms with Crippen LogP contribution in [-0.4, -0.2) is 23.7 Å². The zero-order chi connectivity index (χ0) is 12.4. The van der Waals surface area contributed by atoms with Crippen molar-refractivity contribution in [2.75, 3.05) is 11.9 Å². The third-order valence-electron chi connectivity index (χ3n) is 3.22. The summed E-state index contributed by atoms with van der Waals surface area (Å²) in [6.07, 6.45) is 1.08. The third-order valence-corrected chi connectivity index (χ3v) is 3.22. The number of anilines is 1. The van der Waals surface area contributed by atoms with E-state index in [1.54, 1.807) is 13.0 Å². The fourth-order valence-corrected chi connectivity index (χ4v) is 2.10. The summed E-state index contributed by atoms with van der Waals surface area (Å²) in [5.74, 6) is 0. The molecule has 1 heterocycles. The fourth-order valence-electron chi connectivity index (χ4n) is 2.10. The van der Waals surface area contributed by atoms with Crippen LogP contribution >= 0.6 is 0 Å². The van der Waals surface area contributed by atoms with Crippen molar-refractivity contribution in [3.8, 4) is 0 Å². The highest BCUT2D eigenvalue weighted by Crippen LogP contribution is 2.27. The molecule has 0 saturated carbocycles. The van der Waals surface area contributed by atoms with Crippen molar-refractivity contribution in [2.24, 2.45) is 0 Å². The molecule has 17 heavy (non-hydrogen) atoms. The monoisotopic (exact) mass is 236 g/mol. The number of benzene rings is 1. The van der Waals surface area contributed by atoms with E-state index in [9.17, 15) is 10.1 Å². The minimum absolute atomic E-state index is 0.147. The molecular weight excluding hydrogens is 220 g/mol. The van der Waals surface area contributed by atoms with E-state index in [-0.39, 0.29) is 22.8 Å². The first kappa shape index (κ1) is 11.9.